The van der Waals surface area contributed by atoms with E-state index in [4.69, 9.17) is 9.47 Å². The second-order valence-corrected chi connectivity index (χ2v) is 4.81. The summed E-state index contributed by atoms with van der Waals surface area (Å²) in [6.07, 6.45) is 1.94. The highest BCUT2D eigenvalue weighted by Crippen LogP contribution is 2.28. The summed E-state index contributed by atoms with van der Waals surface area (Å²) in [6, 6.07) is 4.66. The summed E-state index contributed by atoms with van der Waals surface area (Å²) in [5, 5.41) is 3.16. The summed E-state index contributed by atoms with van der Waals surface area (Å²) in [5.74, 6) is 0.218. The van der Waals surface area contributed by atoms with Crippen LogP contribution in [0.25, 0.3) is 0 Å². The monoisotopic (exact) mass is 267 g/mol. The predicted octanol–water partition coefficient (Wildman–Crippen LogP) is 1.92. The van der Waals surface area contributed by atoms with Gasteiger partial charge in [0.15, 0.2) is 5.78 Å². The highest BCUT2D eigenvalue weighted by Gasteiger charge is 2.29. The lowest BCUT2D eigenvalue weighted by Gasteiger charge is -2.35. The number of ketones is 1. The minimum absolute atomic E-state index is 0.0614. The Morgan fingerprint density at radius 1 is 1.37 bits per heavy atom. The zero-order valence-corrected chi connectivity index (χ0v) is 11.1. The molecular weight excluding hydrogens is 249 g/mol. The van der Waals surface area contributed by atoms with E-state index in [9.17, 15) is 9.18 Å². The van der Waals surface area contributed by atoms with Gasteiger partial charge in [0.25, 0.3) is 0 Å². The van der Waals surface area contributed by atoms with Crippen LogP contribution in [0.2, 0.25) is 0 Å². The number of halogens is 1. The van der Waals surface area contributed by atoms with E-state index in [-0.39, 0.29) is 18.5 Å². The van der Waals surface area contributed by atoms with E-state index < -0.39 is 5.82 Å². The molecule has 5 heteroatoms. The van der Waals surface area contributed by atoms with Crippen molar-refractivity contribution in [3.63, 3.8) is 0 Å². The number of hydrogen-bond acceptors (Lipinski definition) is 4. The third-order valence-electron chi connectivity index (χ3n) is 3.09. The number of nitrogens with one attached hydrogen (secondary N) is 1. The number of ether oxygens (including phenoxy) is 2. The lowest BCUT2D eigenvalue weighted by molar-refractivity contribution is -0.118. The highest BCUT2D eigenvalue weighted by atomic mass is 19.1. The van der Waals surface area contributed by atoms with Crippen LogP contribution in [-0.2, 0) is 4.79 Å². The minimum atomic E-state index is -0.430. The van der Waals surface area contributed by atoms with Gasteiger partial charge in [-0.25, -0.2) is 4.39 Å². The normalized spacial score (nSPS) is 21.6. The molecule has 1 aliphatic rings. The van der Waals surface area contributed by atoms with Crippen molar-refractivity contribution in [2.24, 2.45) is 0 Å². The van der Waals surface area contributed by atoms with Gasteiger partial charge in [-0.05, 0) is 26.8 Å². The standard InChI is InChI=1S/C14H18FNO3/c1-9(17)8-18-12-3-10(15)4-13(7-12)19-14-5-11(6-14)16-2/h3-4,7,11,14,16H,5-6,8H2,1-2H3/t11-,14+. The maximum Gasteiger partial charge on any atom is 0.167 e. The first kappa shape index (κ1) is 13.8. The van der Waals surface area contributed by atoms with Crippen molar-refractivity contribution in [3.05, 3.63) is 24.0 Å². The smallest absolute Gasteiger partial charge is 0.167 e. The zero-order chi connectivity index (χ0) is 13.8. The average molecular weight is 267 g/mol. The molecule has 2 rings (SSSR count). The SMILES string of the molecule is CN[C@H]1C[C@@H](Oc2cc(F)cc(OCC(C)=O)c2)C1. The molecule has 0 aromatic heterocycles. The van der Waals surface area contributed by atoms with E-state index in [0.29, 0.717) is 17.5 Å². The zero-order valence-electron chi connectivity index (χ0n) is 11.1. The molecule has 1 N–H and O–H groups in total. The second kappa shape index (κ2) is 6.02. The van der Waals surface area contributed by atoms with E-state index in [1.165, 1.54) is 19.1 Å². The summed E-state index contributed by atoms with van der Waals surface area (Å²) in [6.45, 7) is 1.36. The van der Waals surface area contributed by atoms with Crippen molar-refractivity contribution < 1.29 is 18.7 Å². The first-order valence-electron chi connectivity index (χ1n) is 6.33. The molecular formula is C14H18FNO3. The fourth-order valence-corrected chi connectivity index (χ4v) is 1.96. The molecule has 19 heavy (non-hydrogen) atoms. The second-order valence-electron chi connectivity index (χ2n) is 4.81. The van der Waals surface area contributed by atoms with Crippen molar-refractivity contribution in [1.82, 2.24) is 5.32 Å². The molecule has 0 saturated heterocycles. The number of carbonyl (C=O) groups excluding carboxylic acids is 1. The Balaban J connectivity index is 1.95. The van der Waals surface area contributed by atoms with E-state index >= 15 is 0 Å². The molecule has 4 nitrogen and oxygen atoms in total. The summed E-state index contributed by atoms with van der Waals surface area (Å²) in [4.78, 5) is 10.8. The fraction of sp³-hybridized carbons (Fsp3) is 0.500. The molecule has 0 spiro atoms. The van der Waals surface area contributed by atoms with E-state index in [0.717, 1.165) is 12.8 Å². The molecule has 1 aromatic carbocycles. The van der Waals surface area contributed by atoms with Gasteiger partial charge in [-0.2, -0.15) is 0 Å². The van der Waals surface area contributed by atoms with Gasteiger partial charge in [0.1, 0.15) is 30.0 Å². The Labute approximate surface area is 111 Å². The maximum absolute atomic E-state index is 13.4. The van der Waals surface area contributed by atoms with Crippen LogP contribution in [0.3, 0.4) is 0 Å². The molecule has 104 valence electrons. The van der Waals surface area contributed by atoms with Crippen molar-refractivity contribution in [1.29, 1.82) is 0 Å². The maximum atomic E-state index is 13.4. The van der Waals surface area contributed by atoms with E-state index in [1.54, 1.807) is 6.07 Å². The van der Waals surface area contributed by atoms with Crippen LogP contribution in [0.15, 0.2) is 18.2 Å². The van der Waals surface area contributed by atoms with Gasteiger partial charge >= 0.3 is 0 Å². The largest absolute Gasteiger partial charge is 0.490 e. The molecule has 0 bridgehead atoms. The molecule has 0 heterocycles. The molecule has 0 amide bonds. The Bertz CT molecular complexity index is 458. The van der Waals surface area contributed by atoms with Crippen LogP contribution >= 0.6 is 0 Å². The third kappa shape index (κ3) is 3.92. The third-order valence-corrected chi connectivity index (χ3v) is 3.09. The fourth-order valence-electron chi connectivity index (χ4n) is 1.96. The lowest BCUT2D eigenvalue weighted by atomic mass is 9.89. The summed E-state index contributed by atoms with van der Waals surface area (Å²) in [7, 11) is 1.91. The van der Waals surface area contributed by atoms with Crippen molar-refractivity contribution in [2.75, 3.05) is 13.7 Å². The topological polar surface area (TPSA) is 47.6 Å². The van der Waals surface area contributed by atoms with Crippen LogP contribution in [0.1, 0.15) is 19.8 Å². The Morgan fingerprint density at radius 3 is 2.68 bits per heavy atom. The molecule has 1 fully saturated rings. The number of benzene rings is 1. The van der Waals surface area contributed by atoms with Gasteiger partial charge in [-0.3, -0.25) is 4.79 Å². The van der Waals surface area contributed by atoms with Gasteiger partial charge in [-0.15, -0.1) is 0 Å². The van der Waals surface area contributed by atoms with Crippen LogP contribution in [0.4, 0.5) is 4.39 Å². The summed E-state index contributed by atoms with van der Waals surface area (Å²) >= 11 is 0. The van der Waals surface area contributed by atoms with Gasteiger partial charge in [-0.1, -0.05) is 0 Å². The van der Waals surface area contributed by atoms with Crippen LogP contribution in [-0.4, -0.2) is 31.6 Å². The first-order valence-corrected chi connectivity index (χ1v) is 6.33. The minimum Gasteiger partial charge on any atom is -0.490 e. The summed E-state index contributed by atoms with van der Waals surface area (Å²) in [5.41, 5.74) is 0. The molecule has 1 aromatic rings. The summed E-state index contributed by atoms with van der Waals surface area (Å²) < 4.78 is 24.3. The molecule has 0 atom stereocenters. The molecule has 0 unspecified atom stereocenters. The highest BCUT2D eigenvalue weighted by molar-refractivity contribution is 5.77. The van der Waals surface area contributed by atoms with Gasteiger partial charge in [0.2, 0.25) is 0 Å². The van der Waals surface area contributed by atoms with Gasteiger partial charge in [0.05, 0.1) is 0 Å². The van der Waals surface area contributed by atoms with Crippen molar-refractivity contribution in [3.8, 4) is 11.5 Å². The first-order chi connectivity index (χ1) is 9.06. The number of hydrogen-bond donors (Lipinski definition) is 1. The quantitative estimate of drug-likeness (QED) is 0.855. The molecule has 0 aliphatic heterocycles. The number of rotatable bonds is 6. The molecule has 1 saturated carbocycles. The predicted molar refractivity (Wildman–Crippen MR) is 69.1 cm³/mol. The van der Waals surface area contributed by atoms with E-state index in [1.807, 2.05) is 7.05 Å². The Kier molecular flexibility index (Phi) is 4.37. The molecule has 1 aliphatic carbocycles. The lowest BCUT2D eigenvalue weighted by Crippen LogP contribution is -2.45. The van der Waals surface area contributed by atoms with Crippen LogP contribution in [0, 0.1) is 5.82 Å². The van der Waals surface area contributed by atoms with Crippen molar-refractivity contribution >= 4 is 5.78 Å². The average Bonchev–Trinajstić information content (AvgIpc) is 2.30. The molecule has 0 radical (unpaired) electrons. The van der Waals surface area contributed by atoms with E-state index in [2.05, 4.69) is 5.32 Å². The number of Topliss-reactive ketones (excluding diaryl/α,β-unsaturated/α-hetero) is 1. The van der Waals surface area contributed by atoms with Crippen LogP contribution < -0.4 is 14.8 Å². The Morgan fingerprint density at radius 2 is 2.05 bits per heavy atom. The van der Waals surface area contributed by atoms with Crippen LogP contribution in [0.5, 0.6) is 11.5 Å². The Hall–Kier alpha value is -1.62. The van der Waals surface area contributed by atoms with Gasteiger partial charge < -0.3 is 14.8 Å². The van der Waals surface area contributed by atoms with Crippen molar-refractivity contribution in [2.45, 2.75) is 31.9 Å². The van der Waals surface area contributed by atoms with Gasteiger partial charge in [0, 0.05) is 24.2 Å². The number of carbonyl (C=O) groups is 1.